The Morgan fingerprint density at radius 2 is 1.95 bits per heavy atom. The van der Waals surface area contributed by atoms with Crippen LogP contribution in [0.2, 0.25) is 0 Å². The predicted molar refractivity (Wildman–Crippen MR) is 89.5 cm³/mol. The number of hydrogen-bond acceptors (Lipinski definition) is 4. The SMILES string of the molecule is CCSC1CCC(N(C)C(=O)c2ccc(S(N)(=O)=O)cc2)C1. The van der Waals surface area contributed by atoms with Crippen molar-refractivity contribution in [1.82, 2.24) is 4.90 Å². The first kappa shape index (κ1) is 17.3. The summed E-state index contributed by atoms with van der Waals surface area (Å²) >= 11 is 1.95. The molecule has 1 fully saturated rings. The van der Waals surface area contributed by atoms with Crippen molar-refractivity contribution in [2.45, 2.75) is 42.4 Å². The topological polar surface area (TPSA) is 80.5 Å². The second-order valence-corrected chi connectivity index (χ2v) is 8.67. The molecule has 0 aliphatic heterocycles. The highest BCUT2D eigenvalue weighted by atomic mass is 32.2. The van der Waals surface area contributed by atoms with Crippen molar-refractivity contribution in [3.63, 3.8) is 0 Å². The fraction of sp³-hybridized carbons (Fsp3) is 0.533. The molecule has 7 heteroatoms. The van der Waals surface area contributed by atoms with Gasteiger partial charge in [-0.3, -0.25) is 4.79 Å². The van der Waals surface area contributed by atoms with Crippen LogP contribution in [0.4, 0.5) is 0 Å². The average molecular weight is 342 g/mol. The van der Waals surface area contributed by atoms with Gasteiger partial charge in [-0.1, -0.05) is 6.92 Å². The first-order valence-electron chi connectivity index (χ1n) is 7.34. The van der Waals surface area contributed by atoms with E-state index in [-0.39, 0.29) is 16.8 Å². The molecule has 0 spiro atoms. The number of rotatable bonds is 5. The highest BCUT2D eigenvalue weighted by Crippen LogP contribution is 2.32. The molecule has 2 atom stereocenters. The largest absolute Gasteiger partial charge is 0.339 e. The van der Waals surface area contributed by atoms with E-state index in [1.807, 2.05) is 18.8 Å². The van der Waals surface area contributed by atoms with Crippen molar-refractivity contribution >= 4 is 27.7 Å². The minimum absolute atomic E-state index is 0.0204. The number of nitrogens with two attached hydrogens (primary N) is 1. The van der Waals surface area contributed by atoms with E-state index in [1.165, 1.54) is 24.3 Å². The van der Waals surface area contributed by atoms with Crippen molar-refractivity contribution in [2.75, 3.05) is 12.8 Å². The number of carbonyl (C=O) groups excluding carboxylic acids is 1. The molecule has 1 amide bonds. The third-order valence-electron chi connectivity index (χ3n) is 4.06. The van der Waals surface area contributed by atoms with Crippen LogP contribution < -0.4 is 5.14 Å². The molecule has 2 rings (SSSR count). The second-order valence-electron chi connectivity index (χ2n) is 5.53. The van der Waals surface area contributed by atoms with Crippen LogP contribution in [0.5, 0.6) is 0 Å². The molecule has 0 bridgehead atoms. The van der Waals surface area contributed by atoms with Crippen LogP contribution in [0.15, 0.2) is 29.2 Å². The van der Waals surface area contributed by atoms with Gasteiger partial charge in [0.05, 0.1) is 4.90 Å². The van der Waals surface area contributed by atoms with Gasteiger partial charge in [-0.25, -0.2) is 13.6 Å². The summed E-state index contributed by atoms with van der Waals surface area (Å²) in [5.41, 5.74) is 0.487. The van der Waals surface area contributed by atoms with Crippen LogP contribution in [0.1, 0.15) is 36.5 Å². The predicted octanol–water partition coefficient (Wildman–Crippen LogP) is 2.08. The van der Waals surface area contributed by atoms with Crippen LogP contribution >= 0.6 is 11.8 Å². The third kappa shape index (κ3) is 4.02. The molecule has 0 saturated heterocycles. The quantitative estimate of drug-likeness (QED) is 0.888. The number of nitrogens with zero attached hydrogens (tertiary/aromatic N) is 1. The van der Waals surface area contributed by atoms with Crippen molar-refractivity contribution < 1.29 is 13.2 Å². The average Bonchev–Trinajstić information content (AvgIpc) is 2.94. The van der Waals surface area contributed by atoms with Gasteiger partial charge < -0.3 is 4.90 Å². The van der Waals surface area contributed by atoms with Crippen LogP contribution in [0.25, 0.3) is 0 Å². The Morgan fingerprint density at radius 3 is 2.50 bits per heavy atom. The van der Waals surface area contributed by atoms with Gasteiger partial charge in [0.1, 0.15) is 0 Å². The normalized spacial score (nSPS) is 21.8. The number of amides is 1. The van der Waals surface area contributed by atoms with Crippen LogP contribution in [0.3, 0.4) is 0 Å². The zero-order valence-corrected chi connectivity index (χ0v) is 14.5. The lowest BCUT2D eigenvalue weighted by Crippen LogP contribution is -2.35. The van der Waals surface area contributed by atoms with Crippen molar-refractivity contribution in [3.05, 3.63) is 29.8 Å². The molecule has 2 N–H and O–H groups in total. The lowest BCUT2D eigenvalue weighted by Gasteiger charge is -2.25. The summed E-state index contributed by atoms with van der Waals surface area (Å²) in [5.74, 6) is 1.03. The maximum Gasteiger partial charge on any atom is 0.253 e. The molecule has 22 heavy (non-hydrogen) atoms. The van der Waals surface area contributed by atoms with E-state index in [2.05, 4.69) is 6.92 Å². The number of carbonyl (C=O) groups is 1. The lowest BCUT2D eigenvalue weighted by atomic mass is 10.1. The Hall–Kier alpha value is -1.05. The standard InChI is InChI=1S/C15H22N2O3S2/c1-3-21-13-7-6-12(10-13)17(2)15(18)11-4-8-14(9-5-11)22(16,19)20/h4-5,8-9,12-13H,3,6-7,10H2,1-2H3,(H2,16,19,20). The summed E-state index contributed by atoms with van der Waals surface area (Å²) in [7, 11) is -1.90. The van der Waals surface area contributed by atoms with Gasteiger partial charge in [0.25, 0.3) is 5.91 Å². The summed E-state index contributed by atoms with van der Waals surface area (Å²) in [5, 5.41) is 5.69. The van der Waals surface area contributed by atoms with Gasteiger partial charge in [-0.2, -0.15) is 11.8 Å². The fourth-order valence-electron chi connectivity index (χ4n) is 2.81. The summed E-state index contributed by atoms with van der Waals surface area (Å²) in [6.45, 7) is 2.15. The number of thioether (sulfide) groups is 1. The molecule has 5 nitrogen and oxygen atoms in total. The van der Waals surface area contributed by atoms with Gasteiger partial charge >= 0.3 is 0 Å². The van der Waals surface area contributed by atoms with E-state index in [0.717, 1.165) is 25.0 Å². The third-order valence-corrected chi connectivity index (χ3v) is 6.22. The molecule has 1 aromatic carbocycles. The summed E-state index contributed by atoms with van der Waals surface area (Å²) in [6, 6.07) is 6.05. The van der Waals surface area contributed by atoms with Gasteiger partial charge in [-0.05, 0) is 49.3 Å². The zero-order chi connectivity index (χ0) is 16.3. The molecule has 0 radical (unpaired) electrons. The Labute approximate surface area is 136 Å². The highest BCUT2D eigenvalue weighted by Gasteiger charge is 2.30. The Bertz CT molecular complexity index is 629. The summed E-state index contributed by atoms with van der Waals surface area (Å²) < 4.78 is 22.5. The zero-order valence-electron chi connectivity index (χ0n) is 12.9. The van der Waals surface area contributed by atoms with E-state index in [1.54, 1.807) is 4.90 Å². The Kier molecular flexibility index (Phi) is 5.52. The van der Waals surface area contributed by atoms with Crippen LogP contribution in [-0.2, 0) is 10.0 Å². The molecular formula is C15H22N2O3S2. The molecule has 0 heterocycles. The minimum Gasteiger partial charge on any atom is -0.339 e. The number of sulfonamides is 1. The maximum absolute atomic E-state index is 12.5. The maximum atomic E-state index is 12.5. The molecule has 2 unspecified atom stereocenters. The number of benzene rings is 1. The van der Waals surface area contributed by atoms with E-state index in [4.69, 9.17) is 5.14 Å². The number of hydrogen-bond donors (Lipinski definition) is 1. The number of primary sulfonamides is 1. The van der Waals surface area contributed by atoms with Crippen molar-refractivity contribution in [2.24, 2.45) is 5.14 Å². The van der Waals surface area contributed by atoms with Crippen LogP contribution in [-0.4, -0.2) is 43.3 Å². The first-order valence-corrected chi connectivity index (χ1v) is 9.94. The molecule has 122 valence electrons. The molecule has 1 aliphatic carbocycles. The lowest BCUT2D eigenvalue weighted by molar-refractivity contribution is 0.0735. The molecule has 0 aromatic heterocycles. The van der Waals surface area contributed by atoms with Crippen LogP contribution in [0, 0.1) is 0 Å². The smallest absolute Gasteiger partial charge is 0.253 e. The summed E-state index contributed by atoms with van der Waals surface area (Å²) in [6.07, 6.45) is 3.19. The second kappa shape index (κ2) is 7.02. The van der Waals surface area contributed by atoms with Gasteiger partial charge in [0, 0.05) is 23.9 Å². The highest BCUT2D eigenvalue weighted by molar-refractivity contribution is 7.99. The molecular weight excluding hydrogens is 320 g/mol. The molecule has 1 aliphatic rings. The fourth-order valence-corrected chi connectivity index (χ4v) is 4.46. The molecule has 1 saturated carbocycles. The van der Waals surface area contributed by atoms with E-state index in [0.29, 0.717) is 10.8 Å². The van der Waals surface area contributed by atoms with Gasteiger partial charge in [0.2, 0.25) is 10.0 Å². The first-order chi connectivity index (χ1) is 10.3. The Balaban J connectivity index is 2.05. The monoisotopic (exact) mass is 342 g/mol. The van der Waals surface area contributed by atoms with Gasteiger partial charge in [0.15, 0.2) is 0 Å². The van der Waals surface area contributed by atoms with E-state index in [9.17, 15) is 13.2 Å². The Morgan fingerprint density at radius 1 is 1.32 bits per heavy atom. The van der Waals surface area contributed by atoms with E-state index >= 15 is 0 Å². The van der Waals surface area contributed by atoms with Crippen molar-refractivity contribution in [1.29, 1.82) is 0 Å². The van der Waals surface area contributed by atoms with Gasteiger partial charge in [-0.15, -0.1) is 0 Å². The van der Waals surface area contributed by atoms with E-state index < -0.39 is 10.0 Å². The van der Waals surface area contributed by atoms with Crippen molar-refractivity contribution in [3.8, 4) is 0 Å². The molecule has 1 aromatic rings. The summed E-state index contributed by atoms with van der Waals surface area (Å²) in [4.78, 5) is 14.3. The minimum atomic E-state index is -3.72.